The van der Waals surface area contributed by atoms with Crippen molar-refractivity contribution in [3.05, 3.63) is 34.9 Å². The fourth-order valence-corrected chi connectivity index (χ4v) is 3.32. The van der Waals surface area contributed by atoms with Crippen molar-refractivity contribution < 1.29 is 9.53 Å². The van der Waals surface area contributed by atoms with Crippen LogP contribution in [0.1, 0.15) is 61.0 Å². The van der Waals surface area contributed by atoms with E-state index >= 15 is 0 Å². The van der Waals surface area contributed by atoms with Crippen LogP contribution in [0, 0.1) is 5.41 Å². The van der Waals surface area contributed by atoms with Crippen LogP contribution >= 0.6 is 0 Å². The van der Waals surface area contributed by atoms with E-state index < -0.39 is 0 Å². The van der Waals surface area contributed by atoms with Gasteiger partial charge in [0.05, 0.1) is 5.56 Å². The minimum Gasteiger partial charge on any atom is -0.459 e. The van der Waals surface area contributed by atoms with Gasteiger partial charge in [0, 0.05) is 6.54 Å². The van der Waals surface area contributed by atoms with Crippen LogP contribution in [0.25, 0.3) is 0 Å². The van der Waals surface area contributed by atoms with E-state index in [9.17, 15) is 4.79 Å². The summed E-state index contributed by atoms with van der Waals surface area (Å²) in [4.78, 5) is 12.3. The minimum absolute atomic E-state index is 0.0969. The molecule has 0 unspecified atom stereocenters. The van der Waals surface area contributed by atoms with Crippen molar-refractivity contribution in [3.63, 3.8) is 0 Å². The maximum Gasteiger partial charge on any atom is 0.338 e. The molecular formula is C18H25NO2. The molecule has 1 aliphatic heterocycles. The van der Waals surface area contributed by atoms with Gasteiger partial charge in [0.15, 0.2) is 0 Å². The lowest BCUT2D eigenvalue weighted by Gasteiger charge is -2.33. The zero-order valence-electron chi connectivity index (χ0n) is 13.1. The Bertz CT molecular complexity index is 526. The third kappa shape index (κ3) is 3.46. The third-order valence-electron chi connectivity index (χ3n) is 4.89. The number of fused-ring (bicyclic) bond motifs is 1. The van der Waals surface area contributed by atoms with Crippen LogP contribution in [-0.2, 0) is 17.7 Å². The first-order valence-corrected chi connectivity index (χ1v) is 8.07. The Morgan fingerprint density at radius 2 is 2.00 bits per heavy atom. The Morgan fingerprint density at radius 3 is 2.76 bits per heavy atom. The normalized spacial score (nSPS) is 21.6. The fraction of sp³-hybridized carbons (Fsp3) is 0.611. The van der Waals surface area contributed by atoms with Gasteiger partial charge in [0.2, 0.25) is 0 Å². The first-order valence-electron chi connectivity index (χ1n) is 8.07. The van der Waals surface area contributed by atoms with E-state index in [1.807, 2.05) is 12.1 Å². The van der Waals surface area contributed by atoms with Gasteiger partial charge in [-0.05, 0) is 67.3 Å². The molecule has 1 aromatic carbocycles. The summed E-state index contributed by atoms with van der Waals surface area (Å²) in [5.41, 5.74) is 3.69. The Balaban J connectivity index is 1.63. The highest BCUT2D eigenvalue weighted by molar-refractivity contribution is 5.89. The van der Waals surface area contributed by atoms with Crippen LogP contribution in [0.15, 0.2) is 18.2 Å². The van der Waals surface area contributed by atoms with Gasteiger partial charge in [0.25, 0.3) is 0 Å². The lowest BCUT2D eigenvalue weighted by molar-refractivity contribution is 0.00950. The topological polar surface area (TPSA) is 38.3 Å². The molecular weight excluding hydrogens is 262 g/mol. The molecule has 1 fully saturated rings. The first-order chi connectivity index (χ1) is 10.0. The predicted octanol–water partition coefficient (Wildman–Crippen LogP) is 3.46. The SMILES string of the molecule is CC1(C)CCC(OC(=O)c2ccc3c(c2)CNCC3)CC1. The Kier molecular flexibility index (Phi) is 4.03. The number of hydrogen-bond acceptors (Lipinski definition) is 3. The summed E-state index contributed by atoms with van der Waals surface area (Å²) >= 11 is 0. The summed E-state index contributed by atoms with van der Waals surface area (Å²) in [6.45, 7) is 6.46. The molecule has 1 aromatic rings. The molecule has 1 N–H and O–H groups in total. The molecule has 0 amide bonds. The van der Waals surface area contributed by atoms with Crippen LogP contribution in [0.2, 0.25) is 0 Å². The molecule has 3 heteroatoms. The average molecular weight is 287 g/mol. The van der Waals surface area contributed by atoms with Crippen molar-refractivity contribution in [1.29, 1.82) is 0 Å². The molecule has 0 atom stereocenters. The molecule has 21 heavy (non-hydrogen) atoms. The molecule has 1 heterocycles. The standard InChI is InChI=1S/C18H25NO2/c1-18(2)8-5-16(6-9-18)21-17(20)14-4-3-13-7-10-19-12-15(13)11-14/h3-4,11,16,19H,5-10,12H2,1-2H3. The highest BCUT2D eigenvalue weighted by Gasteiger charge is 2.29. The van der Waals surface area contributed by atoms with E-state index in [4.69, 9.17) is 4.74 Å². The Hall–Kier alpha value is -1.35. The van der Waals surface area contributed by atoms with Crippen LogP contribution in [0.4, 0.5) is 0 Å². The van der Waals surface area contributed by atoms with Crippen molar-refractivity contribution in [1.82, 2.24) is 5.32 Å². The van der Waals surface area contributed by atoms with E-state index in [2.05, 4.69) is 25.2 Å². The van der Waals surface area contributed by atoms with Gasteiger partial charge < -0.3 is 10.1 Å². The van der Waals surface area contributed by atoms with Gasteiger partial charge in [-0.3, -0.25) is 0 Å². The van der Waals surface area contributed by atoms with Gasteiger partial charge in [-0.25, -0.2) is 4.79 Å². The molecule has 114 valence electrons. The van der Waals surface area contributed by atoms with E-state index in [0.717, 1.165) is 45.2 Å². The summed E-state index contributed by atoms with van der Waals surface area (Å²) in [6, 6.07) is 5.99. The van der Waals surface area contributed by atoms with Crippen LogP contribution in [0.3, 0.4) is 0 Å². The summed E-state index contributed by atoms with van der Waals surface area (Å²) in [5, 5.41) is 3.35. The molecule has 0 bridgehead atoms. The lowest BCUT2D eigenvalue weighted by atomic mass is 9.76. The second kappa shape index (κ2) is 5.80. The number of hydrogen-bond donors (Lipinski definition) is 1. The quantitative estimate of drug-likeness (QED) is 0.847. The number of benzene rings is 1. The minimum atomic E-state index is -0.159. The second-order valence-corrected chi connectivity index (χ2v) is 7.18. The van der Waals surface area contributed by atoms with Gasteiger partial charge in [-0.15, -0.1) is 0 Å². The summed E-state index contributed by atoms with van der Waals surface area (Å²) < 4.78 is 5.70. The summed E-state index contributed by atoms with van der Waals surface area (Å²) in [7, 11) is 0. The van der Waals surface area contributed by atoms with Crippen molar-refractivity contribution in [2.24, 2.45) is 5.41 Å². The number of carbonyl (C=O) groups is 1. The highest BCUT2D eigenvalue weighted by atomic mass is 16.5. The maximum absolute atomic E-state index is 12.3. The lowest BCUT2D eigenvalue weighted by Crippen LogP contribution is -2.28. The molecule has 0 radical (unpaired) electrons. The van der Waals surface area contributed by atoms with E-state index in [0.29, 0.717) is 11.0 Å². The Labute approximate surface area is 127 Å². The zero-order chi connectivity index (χ0) is 14.9. The van der Waals surface area contributed by atoms with Crippen LogP contribution < -0.4 is 5.32 Å². The molecule has 1 aliphatic carbocycles. The van der Waals surface area contributed by atoms with Crippen molar-refractivity contribution in [3.8, 4) is 0 Å². The van der Waals surface area contributed by atoms with Crippen LogP contribution in [-0.4, -0.2) is 18.6 Å². The zero-order valence-corrected chi connectivity index (χ0v) is 13.1. The summed E-state index contributed by atoms with van der Waals surface area (Å²) in [6.07, 6.45) is 5.40. The average Bonchev–Trinajstić information content (AvgIpc) is 2.49. The highest BCUT2D eigenvalue weighted by Crippen LogP contribution is 2.36. The number of carbonyl (C=O) groups excluding carboxylic acids is 1. The predicted molar refractivity (Wildman–Crippen MR) is 83.3 cm³/mol. The van der Waals surface area contributed by atoms with Gasteiger partial charge >= 0.3 is 5.97 Å². The smallest absolute Gasteiger partial charge is 0.338 e. The fourth-order valence-electron chi connectivity index (χ4n) is 3.32. The molecule has 0 saturated heterocycles. The molecule has 3 rings (SSSR count). The van der Waals surface area contributed by atoms with Gasteiger partial charge in [-0.2, -0.15) is 0 Å². The molecule has 2 aliphatic rings. The van der Waals surface area contributed by atoms with E-state index in [1.54, 1.807) is 0 Å². The largest absolute Gasteiger partial charge is 0.459 e. The number of esters is 1. The second-order valence-electron chi connectivity index (χ2n) is 7.18. The van der Waals surface area contributed by atoms with Crippen molar-refractivity contribution >= 4 is 5.97 Å². The van der Waals surface area contributed by atoms with Gasteiger partial charge in [0.1, 0.15) is 6.10 Å². The maximum atomic E-state index is 12.3. The third-order valence-corrected chi connectivity index (χ3v) is 4.89. The number of nitrogens with one attached hydrogen (secondary N) is 1. The summed E-state index contributed by atoms with van der Waals surface area (Å²) in [5.74, 6) is -0.159. The molecule has 0 spiro atoms. The number of ether oxygens (including phenoxy) is 1. The molecule has 3 nitrogen and oxygen atoms in total. The van der Waals surface area contributed by atoms with Gasteiger partial charge in [-0.1, -0.05) is 19.9 Å². The van der Waals surface area contributed by atoms with Crippen molar-refractivity contribution in [2.45, 2.75) is 58.6 Å². The van der Waals surface area contributed by atoms with Crippen LogP contribution in [0.5, 0.6) is 0 Å². The molecule has 0 aromatic heterocycles. The van der Waals surface area contributed by atoms with E-state index in [1.165, 1.54) is 11.1 Å². The van der Waals surface area contributed by atoms with E-state index in [-0.39, 0.29) is 12.1 Å². The first kappa shape index (κ1) is 14.6. The number of rotatable bonds is 2. The monoisotopic (exact) mass is 287 g/mol. The van der Waals surface area contributed by atoms with Crippen molar-refractivity contribution in [2.75, 3.05) is 6.54 Å². The Morgan fingerprint density at radius 1 is 1.24 bits per heavy atom. The molecule has 1 saturated carbocycles.